The number of likely N-dealkylation sites (tertiary alicyclic amines) is 1. The van der Waals surface area contributed by atoms with E-state index in [4.69, 9.17) is 16.6 Å². The molecule has 1 N–H and O–H groups in total. The van der Waals surface area contributed by atoms with E-state index in [9.17, 15) is 5.11 Å². The molecular formula is C16H22ClN3O. The van der Waals surface area contributed by atoms with Crippen molar-refractivity contribution < 1.29 is 5.11 Å². The maximum absolute atomic E-state index is 9.24. The second-order valence-corrected chi connectivity index (χ2v) is 6.29. The van der Waals surface area contributed by atoms with Crippen LogP contribution in [0.5, 0.6) is 0 Å². The smallest absolute Gasteiger partial charge is 0.123 e. The van der Waals surface area contributed by atoms with Crippen molar-refractivity contribution in [2.24, 2.45) is 7.05 Å². The van der Waals surface area contributed by atoms with Crippen molar-refractivity contribution in [2.75, 3.05) is 13.2 Å². The third-order valence-electron chi connectivity index (χ3n) is 4.49. The van der Waals surface area contributed by atoms with Crippen LogP contribution in [0.15, 0.2) is 18.2 Å². The van der Waals surface area contributed by atoms with Crippen molar-refractivity contribution >= 4 is 22.6 Å². The molecule has 0 spiro atoms. The van der Waals surface area contributed by atoms with Crippen LogP contribution in [-0.2, 0) is 13.6 Å². The first kappa shape index (κ1) is 14.8. The van der Waals surface area contributed by atoms with Gasteiger partial charge in [-0.2, -0.15) is 0 Å². The van der Waals surface area contributed by atoms with Crippen LogP contribution in [0.3, 0.4) is 0 Å². The molecular weight excluding hydrogens is 286 g/mol. The number of piperidine rings is 1. The number of halogens is 1. The number of aliphatic hydroxyl groups excluding tert-OH is 1. The van der Waals surface area contributed by atoms with Gasteiger partial charge >= 0.3 is 0 Å². The van der Waals surface area contributed by atoms with E-state index in [1.165, 1.54) is 19.3 Å². The maximum atomic E-state index is 9.24. The van der Waals surface area contributed by atoms with E-state index in [0.717, 1.165) is 41.4 Å². The molecule has 2 heterocycles. The van der Waals surface area contributed by atoms with E-state index in [-0.39, 0.29) is 6.61 Å². The van der Waals surface area contributed by atoms with Crippen LogP contribution in [0.2, 0.25) is 5.02 Å². The van der Waals surface area contributed by atoms with Gasteiger partial charge in [0.25, 0.3) is 0 Å². The maximum Gasteiger partial charge on any atom is 0.123 e. The van der Waals surface area contributed by atoms with Gasteiger partial charge in [0.15, 0.2) is 0 Å². The summed E-state index contributed by atoms with van der Waals surface area (Å²) in [5.74, 6) is 1.07. The number of imidazole rings is 1. The number of aromatic nitrogens is 2. The standard InChI is InChI=1S/C16H22ClN3O/c1-19-15-6-5-12(17)10-14(15)18-16(19)11-20-8-3-2-4-13(20)7-9-21/h5-6,10,13,21H,2-4,7-9,11H2,1H3/t13-/m1/s1. The number of aryl methyl sites for hydroxylation is 1. The van der Waals surface area contributed by atoms with Crippen molar-refractivity contribution in [1.29, 1.82) is 0 Å². The fraction of sp³-hybridized carbons (Fsp3) is 0.562. The summed E-state index contributed by atoms with van der Waals surface area (Å²) in [6, 6.07) is 6.33. The molecule has 1 aliphatic rings. The van der Waals surface area contributed by atoms with E-state index in [1.54, 1.807) is 0 Å². The van der Waals surface area contributed by atoms with E-state index in [0.29, 0.717) is 6.04 Å². The first-order valence-electron chi connectivity index (χ1n) is 7.65. The van der Waals surface area contributed by atoms with Gasteiger partial charge in [0, 0.05) is 24.7 Å². The van der Waals surface area contributed by atoms with Crippen LogP contribution in [0.1, 0.15) is 31.5 Å². The quantitative estimate of drug-likeness (QED) is 0.944. The number of fused-ring (bicyclic) bond motifs is 1. The van der Waals surface area contributed by atoms with E-state index >= 15 is 0 Å². The minimum atomic E-state index is 0.263. The Hall–Kier alpha value is -1.10. The molecule has 114 valence electrons. The lowest BCUT2D eigenvalue weighted by Crippen LogP contribution is -2.40. The van der Waals surface area contributed by atoms with E-state index < -0.39 is 0 Å². The topological polar surface area (TPSA) is 41.3 Å². The van der Waals surface area contributed by atoms with Gasteiger partial charge in [-0.25, -0.2) is 4.98 Å². The molecule has 4 nitrogen and oxygen atoms in total. The summed E-state index contributed by atoms with van der Waals surface area (Å²) in [6.07, 6.45) is 4.53. The van der Waals surface area contributed by atoms with Crippen molar-refractivity contribution in [1.82, 2.24) is 14.5 Å². The van der Waals surface area contributed by atoms with Crippen molar-refractivity contribution in [3.05, 3.63) is 29.0 Å². The van der Waals surface area contributed by atoms with Gasteiger partial charge in [-0.1, -0.05) is 18.0 Å². The predicted molar refractivity (Wildman–Crippen MR) is 85.5 cm³/mol. The molecule has 1 aromatic heterocycles. The molecule has 21 heavy (non-hydrogen) atoms. The van der Waals surface area contributed by atoms with Crippen LogP contribution < -0.4 is 0 Å². The Labute approximate surface area is 130 Å². The highest BCUT2D eigenvalue weighted by atomic mass is 35.5. The first-order valence-corrected chi connectivity index (χ1v) is 8.02. The van der Waals surface area contributed by atoms with Crippen LogP contribution in [-0.4, -0.2) is 38.8 Å². The lowest BCUT2D eigenvalue weighted by atomic mass is 10.00. The zero-order valence-corrected chi connectivity index (χ0v) is 13.2. The zero-order valence-electron chi connectivity index (χ0n) is 12.4. The van der Waals surface area contributed by atoms with Gasteiger partial charge in [-0.3, -0.25) is 4.90 Å². The third-order valence-corrected chi connectivity index (χ3v) is 4.73. The molecule has 0 aliphatic carbocycles. The molecule has 1 fully saturated rings. The van der Waals surface area contributed by atoms with Gasteiger partial charge in [-0.15, -0.1) is 0 Å². The Balaban J connectivity index is 1.84. The summed E-state index contributed by atoms with van der Waals surface area (Å²) in [7, 11) is 2.06. The minimum Gasteiger partial charge on any atom is -0.396 e. The average Bonchev–Trinajstić information content (AvgIpc) is 2.77. The van der Waals surface area contributed by atoms with Crippen LogP contribution >= 0.6 is 11.6 Å². The Morgan fingerprint density at radius 2 is 2.24 bits per heavy atom. The average molecular weight is 308 g/mol. The zero-order chi connectivity index (χ0) is 14.8. The largest absolute Gasteiger partial charge is 0.396 e. The number of hydrogen-bond acceptors (Lipinski definition) is 3. The Kier molecular flexibility index (Phi) is 4.48. The summed E-state index contributed by atoms with van der Waals surface area (Å²) in [6.45, 7) is 2.20. The second kappa shape index (κ2) is 6.34. The monoisotopic (exact) mass is 307 g/mol. The molecule has 0 radical (unpaired) electrons. The molecule has 3 rings (SSSR count). The number of rotatable bonds is 4. The van der Waals surface area contributed by atoms with E-state index in [2.05, 4.69) is 16.5 Å². The molecule has 1 aliphatic heterocycles. The summed E-state index contributed by atoms with van der Waals surface area (Å²) in [4.78, 5) is 7.20. The van der Waals surface area contributed by atoms with Crippen molar-refractivity contribution in [3.63, 3.8) is 0 Å². The molecule has 1 aromatic carbocycles. The highest BCUT2D eigenvalue weighted by Crippen LogP contribution is 2.24. The van der Waals surface area contributed by atoms with Crippen LogP contribution in [0, 0.1) is 0 Å². The lowest BCUT2D eigenvalue weighted by molar-refractivity contribution is 0.109. The normalized spacial score (nSPS) is 20.2. The lowest BCUT2D eigenvalue weighted by Gasteiger charge is -2.35. The molecule has 0 bridgehead atoms. The van der Waals surface area contributed by atoms with E-state index in [1.807, 2.05) is 18.2 Å². The van der Waals surface area contributed by atoms with Crippen molar-refractivity contribution in [2.45, 2.75) is 38.3 Å². The number of nitrogens with zero attached hydrogens (tertiary/aromatic N) is 3. The fourth-order valence-electron chi connectivity index (χ4n) is 3.29. The van der Waals surface area contributed by atoms with Gasteiger partial charge in [-0.05, 0) is 44.0 Å². The Bertz CT molecular complexity index is 623. The molecule has 1 saturated heterocycles. The van der Waals surface area contributed by atoms with Gasteiger partial charge in [0.2, 0.25) is 0 Å². The number of benzene rings is 1. The fourth-order valence-corrected chi connectivity index (χ4v) is 3.46. The molecule has 2 aromatic rings. The SMILES string of the molecule is Cn1c(CN2CCCC[C@@H]2CCO)nc2cc(Cl)ccc21. The predicted octanol–water partition coefficient (Wildman–Crippen LogP) is 2.96. The molecule has 0 saturated carbocycles. The number of hydrogen-bond donors (Lipinski definition) is 1. The van der Waals surface area contributed by atoms with Gasteiger partial charge in [0.1, 0.15) is 5.82 Å². The van der Waals surface area contributed by atoms with Crippen molar-refractivity contribution in [3.8, 4) is 0 Å². The van der Waals surface area contributed by atoms with Crippen LogP contribution in [0.4, 0.5) is 0 Å². The summed E-state index contributed by atoms with van der Waals surface area (Å²) >= 11 is 6.05. The second-order valence-electron chi connectivity index (χ2n) is 5.85. The first-order chi connectivity index (χ1) is 10.2. The van der Waals surface area contributed by atoms with Crippen LogP contribution in [0.25, 0.3) is 11.0 Å². The highest BCUT2D eigenvalue weighted by molar-refractivity contribution is 6.31. The molecule has 5 heteroatoms. The highest BCUT2D eigenvalue weighted by Gasteiger charge is 2.23. The summed E-state index contributed by atoms with van der Waals surface area (Å²) in [5, 5.41) is 9.96. The van der Waals surface area contributed by atoms with Gasteiger partial charge < -0.3 is 9.67 Å². The molecule has 0 unspecified atom stereocenters. The Morgan fingerprint density at radius 1 is 1.38 bits per heavy atom. The number of aliphatic hydroxyl groups is 1. The third kappa shape index (κ3) is 3.07. The summed E-state index contributed by atoms with van der Waals surface area (Å²) < 4.78 is 2.15. The van der Waals surface area contributed by atoms with Gasteiger partial charge in [0.05, 0.1) is 17.6 Å². The minimum absolute atomic E-state index is 0.263. The summed E-state index contributed by atoms with van der Waals surface area (Å²) in [5.41, 5.74) is 2.07. The Morgan fingerprint density at radius 3 is 3.05 bits per heavy atom. The molecule has 0 amide bonds. The molecule has 1 atom stereocenters.